The molecule has 24 heavy (non-hydrogen) atoms. The molecule has 0 atom stereocenters. The van der Waals surface area contributed by atoms with E-state index in [1.165, 1.54) is 25.4 Å². The number of nitrogens with zero attached hydrogens (tertiary/aromatic N) is 3. The van der Waals surface area contributed by atoms with Gasteiger partial charge in [-0.2, -0.15) is 4.39 Å². The number of aromatic hydroxyl groups is 1. The van der Waals surface area contributed by atoms with Crippen LogP contribution in [-0.2, 0) is 0 Å². The molecule has 0 saturated heterocycles. The first-order valence-electron chi connectivity index (χ1n) is 6.78. The molecular weight excluding hydrogens is 313 g/mol. The van der Waals surface area contributed by atoms with Crippen LogP contribution in [0.3, 0.4) is 0 Å². The summed E-state index contributed by atoms with van der Waals surface area (Å²) in [5.41, 5.74) is 6.29. The lowest BCUT2D eigenvalue weighted by atomic mass is 9.94. The predicted octanol–water partition coefficient (Wildman–Crippen LogP) is 2.13. The highest BCUT2D eigenvalue weighted by atomic mass is 19.1. The normalized spacial score (nSPS) is 11.0. The highest BCUT2D eigenvalue weighted by Gasteiger charge is 2.23. The smallest absolute Gasteiger partial charge is 0.261 e. The lowest BCUT2D eigenvalue weighted by Crippen LogP contribution is -2.36. The van der Waals surface area contributed by atoms with Gasteiger partial charge in [-0.25, -0.2) is 9.83 Å². The molecule has 0 fully saturated rings. The molecule has 2 aromatic rings. The van der Waals surface area contributed by atoms with Gasteiger partial charge in [-0.1, -0.05) is 6.07 Å². The summed E-state index contributed by atoms with van der Waals surface area (Å²) in [7, 11) is 1.38. The number of aromatic nitrogens is 1. The molecule has 122 valence electrons. The van der Waals surface area contributed by atoms with Crippen molar-refractivity contribution >= 4 is 17.6 Å². The summed E-state index contributed by atoms with van der Waals surface area (Å²) in [6.45, 7) is 8.95. The van der Waals surface area contributed by atoms with Crippen LogP contribution in [0.2, 0.25) is 0 Å². The van der Waals surface area contributed by atoms with Gasteiger partial charge >= 0.3 is 0 Å². The van der Waals surface area contributed by atoms with E-state index in [0.717, 1.165) is 6.07 Å². The molecule has 1 amide bonds. The molecule has 1 aromatic heterocycles. The number of carbonyl (C=O) groups is 1. The van der Waals surface area contributed by atoms with Crippen LogP contribution in [0.1, 0.15) is 15.9 Å². The van der Waals surface area contributed by atoms with Crippen molar-refractivity contribution < 1.29 is 14.3 Å². The molecule has 7 nitrogen and oxygen atoms in total. The van der Waals surface area contributed by atoms with Gasteiger partial charge in [0.25, 0.3) is 5.91 Å². The average Bonchev–Trinajstić information content (AvgIpc) is 2.56. The second kappa shape index (κ2) is 6.75. The largest absolute Gasteiger partial charge is 0.507 e. The average molecular weight is 327 g/mol. The molecule has 0 saturated carbocycles. The Morgan fingerprint density at radius 3 is 2.83 bits per heavy atom. The Kier molecular flexibility index (Phi) is 4.75. The lowest BCUT2D eigenvalue weighted by Gasteiger charge is -2.15. The zero-order valence-corrected chi connectivity index (χ0v) is 13.0. The van der Waals surface area contributed by atoms with E-state index in [1.807, 2.05) is 0 Å². The van der Waals surface area contributed by atoms with E-state index in [0.29, 0.717) is 5.56 Å². The topological polar surface area (TPSA) is 105 Å². The molecule has 0 bridgehead atoms. The molecule has 0 aliphatic heterocycles. The van der Waals surface area contributed by atoms with Gasteiger partial charge in [-0.3, -0.25) is 15.1 Å². The summed E-state index contributed by atoms with van der Waals surface area (Å²) in [6.07, 6.45) is 1.28. The lowest BCUT2D eigenvalue weighted by molar-refractivity contribution is 0.0974. The van der Waals surface area contributed by atoms with Crippen molar-refractivity contribution in [2.75, 3.05) is 7.05 Å². The summed E-state index contributed by atoms with van der Waals surface area (Å²) in [5.74, 6) is -2.05. The highest BCUT2D eigenvalue weighted by molar-refractivity contribution is 6.12. The van der Waals surface area contributed by atoms with Crippen LogP contribution in [0, 0.1) is 19.4 Å². The second-order valence-electron chi connectivity index (χ2n) is 4.85. The van der Waals surface area contributed by atoms with E-state index in [4.69, 9.17) is 12.3 Å². The van der Waals surface area contributed by atoms with Crippen LogP contribution in [0.4, 0.5) is 10.1 Å². The number of rotatable bonds is 2. The first-order valence-corrected chi connectivity index (χ1v) is 6.78. The number of phenols is 1. The zero-order valence-electron chi connectivity index (χ0n) is 13.0. The SMILES string of the molecule is [C-]#[N+]c1ccc(O)c(C(=O)NC(N)=NC)c1-c1cc(F)ncc1C. The number of nitrogens with two attached hydrogens (primary N) is 1. The molecule has 2 rings (SSSR count). The number of benzene rings is 1. The highest BCUT2D eigenvalue weighted by Crippen LogP contribution is 2.39. The molecule has 1 heterocycles. The van der Waals surface area contributed by atoms with Crippen LogP contribution in [-0.4, -0.2) is 29.0 Å². The first-order chi connectivity index (χ1) is 11.4. The minimum Gasteiger partial charge on any atom is -0.507 e. The fourth-order valence-electron chi connectivity index (χ4n) is 2.18. The Bertz CT molecular complexity index is 887. The Morgan fingerprint density at radius 2 is 2.21 bits per heavy atom. The minimum absolute atomic E-state index is 0.0821. The number of phenolic OH excluding ortho intramolecular Hbond substituents is 1. The molecule has 0 radical (unpaired) electrons. The monoisotopic (exact) mass is 327 g/mol. The van der Waals surface area contributed by atoms with Crippen molar-refractivity contribution in [1.29, 1.82) is 0 Å². The van der Waals surface area contributed by atoms with Gasteiger partial charge in [0.15, 0.2) is 11.6 Å². The van der Waals surface area contributed by atoms with Gasteiger partial charge in [0.05, 0.1) is 12.1 Å². The van der Waals surface area contributed by atoms with Crippen molar-refractivity contribution in [3.05, 3.63) is 52.9 Å². The van der Waals surface area contributed by atoms with Crippen LogP contribution in [0.15, 0.2) is 29.4 Å². The van der Waals surface area contributed by atoms with E-state index >= 15 is 0 Å². The molecule has 0 spiro atoms. The predicted molar refractivity (Wildman–Crippen MR) is 87.3 cm³/mol. The van der Waals surface area contributed by atoms with Crippen LogP contribution < -0.4 is 11.1 Å². The summed E-state index contributed by atoms with van der Waals surface area (Å²) < 4.78 is 13.6. The number of pyridine rings is 1. The van der Waals surface area contributed by atoms with Crippen LogP contribution in [0.25, 0.3) is 16.0 Å². The Hall–Kier alpha value is -3.47. The third kappa shape index (κ3) is 3.15. The molecule has 0 aliphatic rings. The van der Waals surface area contributed by atoms with E-state index in [-0.39, 0.29) is 34.1 Å². The Balaban J connectivity index is 2.78. The van der Waals surface area contributed by atoms with Gasteiger partial charge in [-0.15, -0.1) is 0 Å². The van der Waals surface area contributed by atoms with Gasteiger partial charge in [-0.05, 0) is 24.1 Å². The van der Waals surface area contributed by atoms with Gasteiger partial charge in [0, 0.05) is 24.9 Å². The molecule has 0 unspecified atom stereocenters. The number of carbonyl (C=O) groups excluding carboxylic acids is 1. The quantitative estimate of drug-likeness (QED) is 0.340. The maximum absolute atomic E-state index is 13.6. The number of amides is 1. The van der Waals surface area contributed by atoms with Crippen molar-refractivity contribution in [2.24, 2.45) is 10.7 Å². The number of halogens is 1. The van der Waals surface area contributed by atoms with Gasteiger partial charge in [0.2, 0.25) is 5.95 Å². The fraction of sp³-hybridized carbons (Fsp3) is 0.125. The van der Waals surface area contributed by atoms with Crippen molar-refractivity contribution in [1.82, 2.24) is 10.3 Å². The van der Waals surface area contributed by atoms with E-state index in [1.54, 1.807) is 6.92 Å². The van der Waals surface area contributed by atoms with Gasteiger partial charge < -0.3 is 10.8 Å². The fourth-order valence-corrected chi connectivity index (χ4v) is 2.18. The molecule has 1 aromatic carbocycles. The maximum atomic E-state index is 13.6. The number of nitrogens with one attached hydrogen (secondary N) is 1. The molecule has 4 N–H and O–H groups in total. The summed E-state index contributed by atoms with van der Waals surface area (Å²) in [4.78, 5) is 22.9. The van der Waals surface area contributed by atoms with Crippen LogP contribution in [0.5, 0.6) is 5.75 Å². The Morgan fingerprint density at radius 1 is 1.50 bits per heavy atom. The number of hydrogen-bond donors (Lipinski definition) is 3. The number of aryl methyl sites for hydroxylation is 1. The zero-order chi connectivity index (χ0) is 17.9. The van der Waals surface area contributed by atoms with Crippen molar-refractivity contribution in [2.45, 2.75) is 6.92 Å². The molecule has 8 heteroatoms. The summed E-state index contributed by atoms with van der Waals surface area (Å²) in [5, 5.41) is 12.4. The molecule has 0 aliphatic carbocycles. The van der Waals surface area contributed by atoms with Crippen molar-refractivity contribution in [3.8, 4) is 16.9 Å². The molecular formula is C16H14FN5O2. The first kappa shape index (κ1) is 16.9. The third-order valence-corrected chi connectivity index (χ3v) is 3.33. The van der Waals surface area contributed by atoms with Gasteiger partial charge in [0.1, 0.15) is 5.75 Å². The number of aliphatic imine (C=N–C) groups is 1. The maximum Gasteiger partial charge on any atom is 0.261 e. The van der Waals surface area contributed by atoms with Crippen LogP contribution >= 0.6 is 0 Å². The van der Waals surface area contributed by atoms with E-state index < -0.39 is 11.9 Å². The second-order valence-corrected chi connectivity index (χ2v) is 4.85. The standard InChI is InChI=1S/C16H14FN5O2/c1-8-7-21-12(17)6-9(8)13-10(19-2)4-5-11(23)14(13)15(24)22-16(18)20-3/h4-7,23H,1,3H3,(H3,18,20,22,24). The number of guanidine groups is 1. The number of hydrogen-bond acceptors (Lipinski definition) is 4. The minimum atomic E-state index is -0.768. The summed E-state index contributed by atoms with van der Waals surface area (Å²) in [6, 6.07) is 3.67. The van der Waals surface area contributed by atoms with E-state index in [2.05, 4.69) is 20.1 Å². The summed E-state index contributed by atoms with van der Waals surface area (Å²) >= 11 is 0. The third-order valence-electron chi connectivity index (χ3n) is 3.33. The van der Waals surface area contributed by atoms with Crippen molar-refractivity contribution in [3.63, 3.8) is 0 Å². The van der Waals surface area contributed by atoms with E-state index in [9.17, 15) is 14.3 Å². The Labute approximate surface area is 137 Å².